The summed E-state index contributed by atoms with van der Waals surface area (Å²) in [7, 11) is 1.73. The van der Waals surface area contributed by atoms with Crippen LogP contribution in [-0.2, 0) is 9.59 Å². The van der Waals surface area contributed by atoms with Gasteiger partial charge in [-0.15, -0.1) is 0 Å². The fourth-order valence-electron chi connectivity index (χ4n) is 2.40. The summed E-state index contributed by atoms with van der Waals surface area (Å²) in [6.07, 6.45) is 5.85. The first-order chi connectivity index (χ1) is 13.1. The summed E-state index contributed by atoms with van der Waals surface area (Å²) >= 11 is 6.18. The molecule has 2 heterocycles. The number of aliphatic carboxylic acids is 1. The normalized spacial score (nSPS) is 15.7. The van der Waals surface area contributed by atoms with Crippen LogP contribution in [-0.4, -0.2) is 45.0 Å². The molecule has 0 saturated heterocycles. The van der Waals surface area contributed by atoms with E-state index in [0.29, 0.717) is 10.8 Å². The molecule has 28 heavy (non-hydrogen) atoms. The van der Waals surface area contributed by atoms with Gasteiger partial charge < -0.3 is 10.0 Å². The van der Waals surface area contributed by atoms with Crippen LogP contribution in [0, 0.1) is 5.92 Å². The number of carboxylic acids is 1. The first-order valence-corrected chi connectivity index (χ1v) is 8.39. The second kappa shape index (κ2) is 8.87. The minimum atomic E-state index is -5.08. The first kappa shape index (κ1) is 21.4. The van der Waals surface area contributed by atoms with Crippen LogP contribution < -0.4 is 4.90 Å². The van der Waals surface area contributed by atoms with E-state index < -0.39 is 12.1 Å². The average molecular weight is 417 g/mol. The quantitative estimate of drug-likeness (QED) is 0.774. The fraction of sp³-hybridized carbons (Fsp3) is 0.294. The molecule has 2 aromatic heterocycles. The van der Waals surface area contributed by atoms with E-state index in [0.717, 1.165) is 18.5 Å². The molecular weight excluding hydrogens is 401 g/mol. The summed E-state index contributed by atoms with van der Waals surface area (Å²) in [6.45, 7) is 0. The molecule has 11 heteroatoms. The van der Waals surface area contributed by atoms with E-state index >= 15 is 0 Å². The van der Waals surface area contributed by atoms with Crippen molar-refractivity contribution in [2.75, 3.05) is 11.9 Å². The van der Waals surface area contributed by atoms with Crippen molar-refractivity contribution in [3.05, 3.63) is 48.0 Å². The number of halogens is 4. The molecule has 3 rings (SSSR count). The van der Waals surface area contributed by atoms with Crippen molar-refractivity contribution in [2.45, 2.75) is 19.0 Å². The number of carboxylic acid groups (broad SMARTS) is 1. The fourth-order valence-corrected chi connectivity index (χ4v) is 2.65. The molecule has 1 amide bonds. The smallest absolute Gasteiger partial charge is 0.475 e. The Morgan fingerprint density at radius 2 is 2.07 bits per heavy atom. The zero-order valence-corrected chi connectivity index (χ0v) is 15.4. The lowest BCUT2D eigenvalue weighted by Gasteiger charge is -2.18. The van der Waals surface area contributed by atoms with E-state index in [2.05, 4.69) is 10.1 Å². The van der Waals surface area contributed by atoms with Gasteiger partial charge in [0.05, 0.1) is 24.0 Å². The van der Waals surface area contributed by atoms with Crippen LogP contribution in [0.5, 0.6) is 0 Å². The molecule has 7 nitrogen and oxygen atoms in total. The number of rotatable bonds is 3. The number of carbonyl (C=O) groups is 2. The average Bonchev–Trinajstić information content (AvgIpc) is 3.31. The summed E-state index contributed by atoms with van der Waals surface area (Å²) in [6, 6.07) is 3.70. The van der Waals surface area contributed by atoms with Crippen molar-refractivity contribution < 1.29 is 27.9 Å². The number of hydrogen-bond acceptors (Lipinski definition) is 4. The maximum atomic E-state index is 12.4. The minimum Gasteiger partial charge on any atom is -0.475 e. The van der Waals surface area contributed by atoms with Gasteiger partial charge in [0.1, 0.15) is 5.69 Å². The number of allylic oxidation sites excluding steroid dienone is 1. The van der Waals surface area contributed by atoms with Crippen LogP contribution in [0.3, 0.4) is 0 Å². The number of hydrogen-bond donors (Lipinski definition) is 1. The van der Waals surface area contributed by atoms with E-state index in [1.54, 1.807) is 35.2 Å². The third kappa shape index (κ3) is 5.32. The largest absolute Gasteiger partial charge is 0.490 e. The predicted molar refractivity (Wildman–Crippen MR) is 95.3 cm³/mol. The molecule has 0 saturated carbocycles. The Balaban J connectivity index is 0.000000345. The van der Waals surface area contributed by atoms with Crippen molar-refractivity contribution in [1.29, 1.82) is 0 Å². The predicted octanol–water partition coefficient (Wildman–Crippen LogP) is 3.48. The Hall–Kier alpha value is -2.88. The lowest BCUT2D eigenvalue weighted by molar-refractivity contribution is -0.192. The topological polar surface area (TPSA) is 88.3 Å². The molecular formula is C17H16ClF3N4O3. The molecule has 1 aliphatic rings. The summed E-state index contributed by atoms with van der Waals surface area (Å²) in [5.74, 6) is -2.78. The van der Waals surface area contributed by atoms with Crippen LogP contribution in [0.15, 0.2) is 42.9 Å². The monoisotopic (exact) mass is 416 g/mol. The van der Waals surface area contributed by atoms with Gasteiger partial charge in [-0.3, -0.25) is 9.78 Å². The Morgan fingerprint density at radius 3 is 2.57 bits per heavy atom. The molecule has 0 aliphatic heterocycles. The molecule has 0 spiro atoms. The highest BCUT2D eigenvalue weighted by molar-refractivity contribution is 6.32. The van der Waals surface area contributed by atoms with Crippen molar-refractivity contribution in [1.82, 2.24) is 14.8 Å². The maximum absolute atomic E-state index is 12.4. The second-order valence-electron chi connectivity index (χ2n) is 5.77. The van der Waals surface area contributed by atoms with Crippen molar-refractivity contribution in [3.63, 3.8) is 0 Å². The highest BCUT2D eigenvalue weighted by Gasteiger charge is 2.38. The van der Waals surface area contributed by atoms with E-state index in [1.165, 1.54) is 0 Å². The third-order valence-corrected chi connectivity index (χ3v) is 4.10. The van der Waals surface area contributed by atoms with E-state index in [1.807, 2.05) is 24.3 Å². The van der Waals surface area contributed by atoms with Gasteiger partial charge in [-0.2, -0.15) is 18.3 Å². The molecule has 1 N–H and O–H groups in total. The standard InChI is InChI=1S/C15H15ClN4O.C2HF3O2/c1-19(15(21)11-5-2-3-6-11)13-10-20(18-14(13)16)12-7-4-8-17-9-12;3-2(4,5)1(6)7/h2,4-5,7-11H,3,6H2,1H3;(H,6,7). The highest BCUT2D eigenvalue weighted by Crippen LogP contribution is 2.28. The zero-order chi connectivity index (χ0) is 20.9. The van der Waals surface area contributed by atoms with Crippen LogP contribution >= 0.6 is 11.6 Å². The number of alkyl halides is 3. The Kier molecular flexibility index (Phi) is 6.79. The molecule has 2 aromatic rings. The van der Waals surface area contributed by atoms with Gasteiger partial charge in [-0.1, -0.05) is 23.8 Å². The maximum Gasteiger partial charge on any atom is 0.490 e. The lowest BCUT2D eigenvalue weighted by Crippen LogP contribution is -2.31. The number of pyridine rings is 1. The van der Waals surface area contributed by atoms with E-state index in [9.17, 15) is 18.0 Å². The highest BCUT2D eigenvalue weighted by atomic mass is 35.5. The van der Waals surface area contributed by atoms with Gasteiger partial charge in [0.25, 0.3) is 0 Å². The Bertz CT molecular complexity index is 868. The third-order valence-electron chi connectivity index (χ3n) is 3.83. The number of nitrogens with zero attached hydrogens (tertiary/aromatic N) is 4. The van der Waals surface area contributed by atoms with E-state index in [-0.39, 0.29) is 11.8 Å². The van der Waals surface area contributed by atoms with E-state index in [4.69, 9.17) is 21.5 Å². The molecule has 1 atom stereocenters. The molecule has 0 aromatic carbocycles. The summed E-state index contributed by atoms with van der Waals surface area (Å²) in [5, 5.41) is 11.7. The number of anilines is 1. The molecule has 1 aliphatic carbocycles. The summed E-state index contributed by atoms with van der Waals surface area (Å²) in [5.41, 5.74) is 1.40. The molecule has 0 bridgehead atoms. The van der Waals surface area contributed by atoms with Crippen LogP contribution in [0.25, 0.3) is 5.69 Å². The zero-order valence-electron chi connectivity index (χ0n) is 14.6. The minimum absolute atomic E-state index is 0.0383. The number of amides is 1. The Labute approximate surface area is 163 Å². The van der Waals surface area contributed by atoms with Crippen LogP contribution in [0.2, 0.25) is 5.15 Å². The lowest BCUT2D eigenvalue weighted by atomic mass is 10.1. The van der Waals surface area contributed by atoms with Gasteiger partial charge in [0, 0.05) is 13.2 Å². The van der Waals surface area contributed by atoms with Crippen molar-refractivity contribution >= 4 is 29.2 Å². The number of aromatic nitrogens is 3. The summed E-state index contributed by atoms with van der Waals surface area (Å²) in [4.78, 5) is 26.9. The summed E-state index contributed by atoms with van der Waals surface area (Å²) < 4.78 is 33.4. The molecule has 150 valence electrons. The second-order valence-corrected chi connectivity index (χ2v) is 6.13. The first-order valence-electron chi connectivity index (χ1n) is 8.01. The van der Waals surface area contributed by atoms with Crippen molar-refractivity contribution in [2.24, 2.45) is 5.92 Å². The van der Waals surface area contributed by atoms with Gasteiger partial charge in [0.2, 0.25) is 5.91 Å². The van der Waals surface area contributed by atoms with Gasteiger partial charge in [-0.25, -0.2) is 9.48 Å². The van der Waals surface area contributed by atoms with Crippen molar-refractivity contribution in [3.8, 4) is 5.69 Å². The SMILES string of the molecule is CN(C(=O)C1C=CCC1)c1cn(-c2cccnc2)nc1Cl.O=C(O)C(F)(F)F. The number of carbonyl (C=O) groups excluding carboxylic acids is 1. The Morgan fingerprint density at radius 1 is 1.39 bits per heavy atom. The molecule has 0 fully saturated rings. The van der Waals surface area contributed by atoms with Gasteiger partial charge in [0.15, 0.2) is 5.15 Å². The van der Waals surface area contributed by atoms with Crippen LogP contribution in [0.4, 0.5) is 18.9 Å². The molecule has 1 unspecified atom stereocenters. The van der Waals surface area contributed by atoms with Gasteiger partial charge in [-0.05, 0) is 25.0 Å². The molecule has 0 radical (unpaired) electrons. The van der Waals surface area contributed by atoms with Crippen LogP contribution in [0.1, 0.15) is 12.8 Å². The van der Waals surface area contributed by atoms with Gasteiger partial charge >= 0.3 is 12.1 Å².